The van der Waals surface area contributed by atoms with Crippen molar-refractivity contribution < 1.29 is 0 Å². The first-order chi connectivity index (χ1) is 8.20. The molecule has 0 radical (unpaired) electrons. The number of hydrogen-bond donors (Lipinski definition) is 0. The zero-order valence-electron chi connectivity index (χ0n) is 11.2. The Bertz CT molecular complexity index is 276. The van der Waals surface area contributed by atoms with Crippen molar-refractivity contribution in [1.82, 2.24) is 9.80 Å². The highest BCUT2D eigenvalue weighted by molar-refractivity contribution is 4.86. The van der Waals surface area contributed by atoms with E-state index in [0.717, 1.165) is 44.1 Å². The van der Waals surface area contributed by atoms with Crippen LogP contribution in [0.15, 0.2) is 0 Å². The molecule has 0 N–H and O–H groups in total. The second-order valence-corrected chi connectivity index (χ2v) is 5.89. The van der Waals surface area contributed by atoms with Crippen molar-refractivity contribution in [2.75, 3.05) is 32.7 Å². The summed E-state index contributed by atoms with van der Waals surface area (Å²) in [6.07, 6.45) is 4.15. The van der Waals surface area contributed by atoms with Crippen LogP contribution in [0.4, 0.5) is 0 Å². The summed E-state index contributed by atoms with van der Waals surface area (Å²) in [5, 5.41) is 8.69. The molecule has 1 heterocycles. The van der Waals surface area contributed by atoms with Crippen LogP contribution in [0.25, 0.3) is 0 Å². The Morgan fingerprint density at radius 3 is 2.35 bits per heavy atom. The lowest BCUT2D eigenvalue weighted by Crippen LogP contribution is -2.51. The van der Waals surface area contributed by atoms with Gasteiger partial charge in [-0.05, 0) is 31.1 Å². The molecule has 17 heavy (non-hydrogen) atoms. The Kier molecular flexibility index (Phi) is 4.42. The van der Waals surface area contributed by atoms with Gasteiger partial charge in [-0.2, -0.15) is 5.26 Å². The molecule has 0 aromatic heterocycles. The van der Waals surface area contributed by atoms with Gasteiger partial charge in [-0.15, -0.1) is 0 Å². The first-order valence-electron chi connectivity index (χ1n) is 7.04. The smallest absolute Gasteiger partial charge is 0.0866 e. The second kappa shape index (κ2) is 5.84. The van der Waals surface area contributed by atoms with E-state index >= 15 is 0 Å². The van der Waals surface area contributed by atoms with Crippen LogP contribution >= 0.6 is 0 Å². The van der Waals surface area contributed by atoms with Crippen LogP contribution in [0.3, 0.4) is 0 Å². The number of piperazine rings is 1. The maximum Gasteiger partial charge on any atom is 0.0866 e. The maximum atomic E-state index is 8.69. The highest BCUT2D eigenvalue weighted by atomic mass is 15.3. The summed E-state index contributed by atoms with van der Waals surface area (Å²) in [5.41, 5.74) is 0. The molecule has 2 rings (SSSR count). The van der Waals surface area contributed by atoms with E-state index in [4.69, 9.17) is 5.26 Å². The molecule has 0 aromatic carbocycles. The van der Waals surface area contributed by atoms with Crippen LogP contribution in [0.1, 0.15) is 33.1 Å². The van der Waals surface area contributed by atoms with Crippen molar-refractivity contribution in [2.24, 2.45) is 11.8 Å². The normalized spacial score (nSPS) is 36.6. The fraction of sp³-hybridized carbons (Fsp3) is 0.929. The third-order valence-electron chi connectivity index (χ3n) is 4.79. The molecule has 96 valence electrons. The molecular formula is C14H25N3. The molecule has 3 heteroatoms. The molecular weight excluding hydrogens is 210 g/mol. The van der Waals surface area contributed by atoms with Crippen molar-refractivity contribution in [1.29, 1.82) is 5.26 Å². The summed E-state index contributed by atoms with van der Waals surface area (Å²) in [7, 11) is 0. The van der Waals surface area contributed by atoms with E-state index in [0.29, 0.717) is 6.54 Å². The highest BCUT2D eigenvalue weighted by Crippen LogP contribution is 2.32. The zero-order valence-corrected chi connectivity index (χ0v) is 11.2. The second-order valence-electron chi connectivity index (χ2n) is 5.89. The minimum Gasteiger partial charge on any atom is -0.298 e. The molecule has 2 aliphatic rings. The quantitative estimate of drug-likeness (QED) is 0.685. The van der Waals surface area contributed by atoms with Crippen molar-refractivity contribution in [3.8, 4) is 6.07 Å². The van der Waals surface area contributed by atoms with Gasteiger partial charge in [0, 0.05) is 32.2 Å². The molecule has 1 aliphatic carbocycles. The first-order valence-corrected chi connectivity index (χ1v) is 7.04. The molecule has 0 bridgehead atoms. The molecule has 0 spiro atoms. The van der Waals surface area contributed by atoms with Crippen molar-refractivity contribution in [2.45, 2.75) is 39.2 Å². The van der Waals surface area contributed by atoms with E-state index < -0.39 is 0 Å². The van der Waals surface area contributed by atoms with Gasteiger partial charge in [0.15, 0.2) is 0 Å². The predicted octanol–water partition coefficient (Wildman–Crippen LogP) is 1.95. The van der Waals surface area contributed by atoms with E-state index in [1.807, 2.05) is 0 Å². The molecule has 1 aliphatic heterocycles. The monoisotopic (exact) mass is 235 g/mol. The van der Waals surface area contributed by atoms with Gasteiger partial charge in [0.25, 0.3) is 0 Å². The molecule has 1 saturated carbocycles. The molecule has 1 saturated heterocycles. The van der Waals surface area contributed by atoms with Gasteiger partial charge in [-0.1, -0.05) is 13.8 Å². The summed E-state index contributed by atoms with van der Waals surface area (Å²) >= 11 is 0. The number of hydrogen-bond acceptors (Lipinski definition) is 3. The number of nitriles is 1. The third-order valence-corrected chi connectivity index (χ3v) is 4.79. The zero-order chi connectivity index (χ0) is 12.3. The number of rotatable bonds is 2. The van der Waals surface area contributed by atoms with E-state index in [1.165, 1.54) is 19.3 Å². The predicted molar refractivity (Wildman–Crippen MR) is 69.6 cm³/mol. The van der Waals surface area contributed by atoms with E-state index in [-0.39, 0.29) is 0 Å². The maximum absolute atomic E-state index is 8.69. The lowest BCUT2D eigenvalue weighted by molar-refractivity contribution is 0.0616. The molecule has 0 aromatic rings. The minimum atomic E-state index is 0.603. The lowest BCUT2D eigenvalue weighted by Gasteiger charge is -2.43. The van der Waals surface area contributed by atoms with E-state index in [1.54, 1.807) is 0 Å². The minimum absolute atomic E-state index is 0.603. The average Bonchev–Trinajstić information content (AvgIpc) is 2.34. The fourth-order valence-electron chi connectivity index (χ4n) is 3.24. The lowest BCUT2D eigenvalue weighted by atomic mass is 9.78. The van der Waals surface area contributed by atoms with Crippen LogP contribution in [0, 0.1) is 23.2 Å². The molecule has 3 atom stereocenters. The summed E-state index contributed by atoms with van der Waals surface area (Å²) in [6.45, 7) is 9.88. The Hall–Kier alpha value is -0.590. The Labute approximate surface area is 105 Å². The van der Waals surface area contributed by atoms with E-state index in [2.05, 4.69) is 29.7 Å². The Morgan fingerprint density at radius 1 is 1.06 bits per heavy atom. The summed E-state index contributed by atoms with van der Waals surface area (Å²) < 4.78 is 0. The Morgan fingerprint density at radius 2 is 1.76 bits per heavy atom. The molecule has 2 fully saturated rings. The van der Waals surface area contributed by atoms with Gasteiger partial charge in [-0.25, -0.2) is 0 Å². The SMILES string of the molecule is CC1CCC(N2CCN(CC#N)CC2)CC1C. The van der Waals surface area contributed by atoms with Crippen molar-refractivity contribution in [3.63, 3.8) is 0 Å². The van der Waals surface area contributed by atoms with Crippen molar-refractivity contribution >= 4 is 0 Å². The average molecular weight is 235 g/mol. The van der Waals surface area contributed by atoms with Gasteiger partial charge in [0.1, 0.15) is 0 Å². The molecule has 3 unspecified atom stereocenters. The van der Waals surface area contributed by atoms with Crippen LogP contribution in [0.2, 0.25) is 0 Å². The summed E-state index contributed by atoms with van der Waals surface area (Å²) in [6, 6.07) is 3.06. The van der Waals surface area contributed by atoms with Crippen LogP contribution in [0.5, 0.6) is 0 Å². The third kappa shape index (κ3) is 3.20. The number of nitrogens with zero attached hydrogens (tertiary/aromatic N) is 3. The fourth-order valence-corrected chi connectivity index (χ4v) is 3.24. The summed E-state index contributed by atoms with van der Waals surface area (Å²) in [5.74, 6) is 1.79. The largest absolute Gasteiger partial charge is 0.298 e. The van der Waals surface area contributed by atoms with Gasteiger partial charge in [-0.3, -0.25) is 9.80 Å². The van der Waals surface area contributed by atoms with Gasteiger partial charge in [0.2, 0.25) is 0 Å². The van der Waals surface area contributed by atoms with Gasteiger partial charge >= 0.3 is 0 Å². The topological polar surface area (TPSA) is 30.3 Å². The van der Waals surface area contributed by atoms with Gasteiger partial charge < -0.3 is 0 Å². The van der Waals surface area contributed by atoms with Crippen molar-refractivity contribution in [3.05, 3.63) is 0 Å². The Balaban J connectivity index is 1.79. The standard InChI is InChI=1S/C14H25N3/c1-12-3-4-14(11-13(12)2)17-9-7-16(6-5-15)8-10-17/h12-14H,3-4,6-11H2,1-2H3. The van der Waals surface area contributed by atoms with Gasteiger partial charge in [0.05, 0.1) is 12.6 Å². The van der Waals surface area contributed by atoms with Crippen LogP contribution in [-0.4, -0.2) is 48.6 Å². The molecule has 3 nitrogen and oxygen atoms in total. The first kappa shape index (κ1) is 12.9. The summed E-state index contributed by atoms with van der Waals surface area (Å²) in [4.78, 5) is 4.93. The van der Waals surface area contributed by atoms with E-state index in [9.17, 15) is 0 Å². The molecule has 0 amide bonds. The van der Waals surface area contributed by atoms with Crippen LogP contribution < -0.4 is 0 Å². The van der Waals surface area contributed by atoms with Crippen LogP contribution in [-0.2, 0) is 0 Å². The highest BCUT2D eigenvalue weighted by Gasteiger charge is 2.30.